The van der Waals surface area contributed by atoms with Gasteiger partial charge in [0.1, 0.15) is 0 Å². The zero-order valence-corrected chi connectivity index (χ0v) is 15.6. The zero-order valence-electron chi connectivity index (χ0n) is 13.2. The van der Waals surface area contributed by atoms with E-state index in [0.717, 1.165) is 19.5 Å². The molecule has 0 aromatic carbocycles. The molecule has 0 saturated carbocycles. The van der Waals surface area contributed by atoms with E-state index < -0.39 is 0 Å². The van der Waals surface area contributed by atoms with Crippen LogP contribution in [0.25, 0.3) is 0 Å². The summed E-state index contributed by atoms with van der Waals surface area (Å²) in [7, 11) is 0. The Bertz CT molecular complexity index is 258. The Morgan fingerprint density at radius 3 is 2.70 bits per heavy atom. The topological polar surface area (TPSA) is 53.6 Å². The van der Waals surface area contributed by atoms with Crippen molar-refractivity contribution < 1.29 is 0 Å². The molecule has 3 N–H and O–H groups in total. The van der Waals surface area contributed by atoms with Crippen molar-refractivity contribution in [1.82, 2.24) is 10.2 Å². The van der Waals surface area contributed by atoms with Gasteiger partial charge in [-0.25, -0.2) is 0 Å². The van der Waals surface area contributed by atoms with E-state index in [1.54, 1.807) is 0 Å². The molecule has 0 aromatic rings. The van der Waals surface area contributed by atoms with Gasteiger partial charge < -0.3 is 11.1 Å². The first-order chi connectivity index (χ1) is 9.27. The average Bonchev–Trinajstić information content (AvgIpc) is 2.44. The van der Waals surface area contributed by atoms with Crippen molar-refractivity contribution in [3.63, 3.8) is 0 Å². The molecule has 0 radical (unpaired) electrons. The molecule has 120 valence electrons. The number of halogens is 1. The number of nitrogens with two attached hydrogens (primary N) is 1. The molecule has 1 aliphatic heterocycles. The Balaban J connectivity index is 0.00000361. The van der Waals surface area contributed by atoms with Crippen LogP contribution < -0.4 is 11.1 Å². The fraction of sp³-hybridized carbons (Fsp3) is 0.933. The van der Waals surface area contributed by atoms with E-state index in [4.69, 9.17) is 5.73 Å². The summed E-state index contributed by atoms with van der Waals surface area (Å²) in [6, 6.07) is 0.604. The minimum absolute atomic E-state index is 0. The molecule has 20 heavy (non-hydrogen) atoms. The number of hydrogen-bond acceptors (Lipinski definition) is 2. The van der Waals surface area contributed by atoms with Crippen molar-refractivity contribution in [3.8, 4) is 0 Å². The van der Waals surface area contributed by atoms with Gasteiger partial charge in [0.25, 0.3) is 0 Å². The number of nitrogens with zero attached hydrogens (tertiary/aromatic N) is 2. The van der Waals surface area contributed by atoms with Gasteiger partial charge >= 0.3 is 0 Å². The molecule has 0 spiro atoms. The molecular formula is C15H33IN4. The van der Waals surface area contributed by atoms with E-state index in [9.17, 15) is 0 Å². The van der Waals surface area contributed by atoms with E-state index in [2.05, 4.69) is 29.1 Å². The Morgan fingerprint density at radius 2 is 2.00 bits per heavy atom. The summed E-state index contributed by atoms with van der Waals surface area (Å²) >= 11 is 0. The Labute approximate surface area is 142 Å². The standard InChI is InChI=1S/C15H32N4.HI/c1-3-5-10-17-15(16)18-13-14-9-7-8-12-19(14)11-6-4-2;/h14H,3-13H2,1-2H3,(H3,16,17,18);1H. The predicted molar refractivity (Wildman–Crippen MR) is 98.9 cm³/mol. The third-order valence-corrected chi connectivity index (χ3v) is 3.86. The predicted octanol–water partition coefficient (Wildman–Crippen LogP) is 2.96. The average molecular weight is 396 g/mol. The van der Waals surface area contributed by atoms with Crippen molar-refractivity contribution in [2.75, 3.05) is 26.2 Å². The van der Waals surface area contributed by atoms with Crippen molar-refractivity contribution in [2.24, 2.45) is 10.7 Å². The van der Waals surface area contributed by atoms with Crippen LogP contribution >= 0.6 is 24.0 Å². The lowest BCUT2D eigenvalue weighted by atomic mass is 10.0. The maximum atomic E-state index is 5.90. The largest absolute Gasteiger partial charge is 0.370 e. The molecule has 0 bridgehead atoms. The summed E-state index contributed by atoms with van der Waals surface area (Å²) in [6.45, 7) is 8.70. The van der Waals surface area contributed by atoms with Gasteiger partial charge in [-0.05, 0) is 38.8 Å². The number of likely N-dealkylation sites (tertiary alicyclic amines) is 1. The summed E-state index contributed by atoms with van der Waals surface area (Å²) in [5.74, 6) is 0.620. The van der Waals surface area contributed by atoms with Crippen LogP contribution in [0.15, 0.2) is 4.99 Å². The highest BCUT2D eigenvalue weighted by atomic mass is 127. The summed E-state index contributed by atoms with van der Waals surface area (Å²) < 4.78 is 0. The van der Waals surface area contributed by atoms with Crippen LogP contribution in [0, 0.1) is 0 Å². The second kappa shape index (κ2) is 12.7. The summed E-state index contributed by atoms with van der Waals surface area (Å²) in [6.07, 6.45) is 8.86. The minimum Gasteiger partial charge on any atom is -0.370 e. The molecule has 1 atom stereocenters. The molecule has 0 aromatic heterocycles. The SMILES string of the molecule is CCCCNC(N)=NCC1CCCCN1CCCC.I. The summed E-state index contributed by atoms with van der Waals surface area (Å²) in [5, 5.41) is 3.19. The number of aliphatic imine (C=N–C) groups is 1. The zero-order chi connectivity index (χ0) is 13.9. The second-order valence-electron chi connectivity index (χ2n) is 5.55. The lowest BCUT2D eigenvalue weighted by molar-refractivity contribution is 0.151. The maximum Gasteiger partial charge on any atom is 0.188 e. The van der Waals surface area contributed by atoms with Crippen LogP contribution in [-0.2, 0) is 0 Å². The van der Waals surface area contributed by atoms with E-state index in [-0.39, 0.29) is 24.0 Å². The van der Waals surface area contributed by atoms with Crippen LogP contribution in [0.2, 0.25) is 0 Å². The first-order valence-electron chi connectivity index (χ1n) is 8.05. The van der Waals surface area contributed by atoms with Crippen LogP contribution in [0.1, 0.15) is 58.8 Å². The number of nitrogens with one attached hydrogen (secondary N) is 1. The smallest absolute Gasteiger partial charge is 0.188 e. The van der Waals surface area contributed by atoms with E-state index in [1.807, 2.05) is 0 Å². The van der Waals surface area contributed by atoms with Gasteiger partial charge in [0.15, 0.2) is 5.96 Å². The van der Waals surface area contributed by atoms with Crippen molar-refractivity contribution in [1.29, 1.82) is 0 Å². The highest BCUT2D eigenvalue weighted by Gasteiger charge is 2.21. The van der Waals surface area contributed by atoms with Crippen molar-refractivity contribution in [3.05, 3.63) is 0 Å². The van der Waals surface area contributed by atoms with Gasteiger partial charge in [-0.1, -0.05) is 33.1 Å². The van der Waals surface area contributed by atoms with Gasteiger partial charge in [-0.2, -0.15) is 0 Å². The molecule has 0 aliphatic carbocycles. The highest BCUT2D eigenvalue weighted by molar-refractivity contribution is 14.0. The Hall–Kier alpha value is -0.0400. The summed E-state index contributed by atoms with van der Waals surface area (Å²) in [5.41, 5.74) is 5.90. The first kappa shape index (κ1) is 20.0. The molecule has 0 amide bonds. The van der Waals surface area contributed by atoms with E-state index >= 15 is 0 Å². The molecule has 4 nitrogen and oxygen atoms in total. The van der Waals surface area contributed by atoms with Crippen molar-refractivity contribution in [2.45, 2.75) is 64.8 Å². The molecular weight excluding hydrogens is 363 g/mol. The van der Waals surface area contributed by atoms with E-state index in [1.165, 1.54) is 51.6 Å². The van der Waals surface area contributed by atoms with Crippen LogP contribution in [0.4, 0.5) is 0 Å². The number of hydrogen-bond donors (Lipinski definition) is 2. The fourth-order valence-corrected chi connectivity index (χ4v) is 2.58. The first-order valence-corrected chi connectivity index (χ1v) is 8.05. The maximum absolute atomic E-state index is 5.90. The second-order valence-corrected chi connectivity index (χ2v) is 5.55. The normalized spacial score (nSPS) is 20.5. The summed E-state index contributed by atoms with van der Waals surface area (Å²) in [4.78, 5) is 7.13. The van der Waals surface area contributed by atoms with Gasteiger partial charge in [0.2, 0.25) is 0 Å². The quantitative estimate of drug-likeness (QED) is 0.287. The molecule has 1 rings (SSSR count). The van der Waals surface area contributed by atoms with Gasteiger partial charge in [-0.15, -0.1) is 24.0 Å². The van der Waals surface area contributed by atoms with E-state index in [0.29, 0.717) is 12.0 Å². The Kier molecular flexibility index (Phi) is 12.7. The molecule has 1 saturated heterocycles. The third-order valence-electron chi connectivity index (χ3n) is 3.86. The Morgan fingerprint density at radius 1 is 1.25 bits per heavy atom. The van der Waals surface area contributed by atoms with Gasteiger partial charge in [0, 0.05) is 12.6 Å². The fourth-order valence-electron chi connectivity index (χ4n) is 2.58. The lowest BCUT2D eigenvalue weighted by Crippen LogP contribution is -2.43. The number of unbranched alkanes of at least 4 members (excludes halogenated alkanes) is 2. The van der Waals surface area contributed by atoms with Gasteiger partial charge in [-0.3, -0.25) is 9.89 Å². The van der Waals surface area contributed by atoms with Crippen LogP contribution in [0.5, 0.6) is 0 Å². The molecule has 1 fully saturated rings. The number of piperidine rings is 1. The van der Waals surface area contributed by atoms with Gasteiger partial charge in [0.05, 0.1) is 6.54 Å². The minimum atomic E-state index is 0. The lowest BCUT2D eigenvalue weighted by Gasteiger charge is -2.34. The number of rotatable bonds is 8. The third kappa shape index (κ3) is 8.29. The van der Waals surface area contributed by atoms with Crippen LogP contribution in [0.3, 0.4) is 0 Å². The van der Waals surface area contributed by atoms with Crippen molar-refractivity contribution >= 4 is 29.9 Å². The molecule has 1 aliphatic rings. The highest BCUT2D eigenvalue weighted by Crippen LogP contribution is 2.17. The molecule has 1 unspecified atom stereocenters. The molecule has 1 heterocycles. The molecule has 5 heteroatoms. The van der Waals surface area contributed by atoms with Crippen LogP contribution in [-0.4, -0.2) is 43.1 Å². The number of guanidine groups is 1. The monoisotopic (exact) mass is 396 g/mol.